The van der Waals surface area contributed by atoms with Crippen LogP contribution in [0.15, 0.2) is 0 Å². The Morgan fingerprint density at radius 2 is 0.933 bits per heavy atom. The van der Waals surface area contributed by atoms with Crippen molar-refractivity contribution in [2.45, 2.75) is 78.1 Å². The van der Waals surface area contributed by atoms with E-state index < -0.39 is 0 Å². The summed E-state index contributed by atoms with van der Waals surface area (Å²) in [5, 5.41) is 0. The molecule has 88 valence electrons. The van der Waals surface area contributed by atoms with Crippen LogP contribution in [0.1, 0.15) is 78.1 Å². The first-order chi connectivity index (χ1) is 6.86. The first kappa shape index (κ1) is 15.5. The molecule has 0 spiro atoms. The van der Waals surface area contributed by atoms with E-state index in [1.54, 1.807) is 11.8 Å². The Kier molecular flexibility index (Phi) is 10.1. The summed E-state index contributed by atoms with van der Waals surface area (Å²) in [6, 6.07) is 0. The monoisotopic (exact) mass is 246 g/mol. The van der Waals surface area contributed by atoms with Gasteiger partial charge in [0.15, 0.2) is 0 Å². The summed E-state index contributed by atoms with van der Waals surface area (Å²) >= 11 is 0. The van der Waals surface area contributed by atoms with Crippen molar-refractivity contribution in [1.29, 1.82) is 0 Å². The Labute approximate surface area is 107 Å². The van der Waals surface area contributed by atoms with Crippen LogP contribution in [-0.2, 0) is 17.4 Å². The van der Waals surface area contributed by atoms with Crippen LogP contribution in [0.2, 0.25) is 0 Å². The third-order valence-electron chi connectivity index (χ3n) is 3.62. The van der Waals surface area contributed by atoms with Crippen molar-refractivity contribution < 1.29 is 17.4 Å². The molecule has 2 fully saturated rings. The summed E-state index contributed by atoms with van der Waals surface area (Å²) in [6.45, 7) is 4.53. The first-order valence-electron chi connectivity index (χ1n) is 6.54. The third kappa shape index (κ3) is 6.65. The third-order valence-corrected chi connectivity index (χ3v) is 3.62. The minimum Gasteiger partial charge on any atom is -0.0648 e. The molecule has 0 heterocycles. The van der Waals surface area contributed by atoms with E-state index >= 15 is 0 Å². The van der Waals surface area contributed by atoms with Gasteiger partial charge in [-0.25, -0.2) is 0 Å². The summed E-state index contributed by atoms with van der Waals surface area (Å²) in [7, 11) is 0. The van der Waals surface area contributed by atoms with Gasteiger partial charge in [-0.2, -0.15) is 0 Å². The maximum atomic E-state index is 2.26. The molecule has 1 heteroatoms. The Balaban J connectivity index is 0.000000245. The molecule has 0 N–H and O–H groups in total. The molecule has 15 heavy (non-hydrogen) atoms. The Hall–Kier alpha value is 0.532. The van der Waals surface area contributed by atoms with Gasteiger partial charge < -0.3 is 0 Å². The summed E-state index contributed by atoms with van der Waals surface area (Å²) in [5.41, 5.74) is 0. The fourth-order valence-electron chi connectivity index (χ4n) is 2.46. The van der Waals surface area contributed by atoms with E-state index in [-0.39, 0.29) is 17.4 Å². The van der Waals surface area contributed by atoms with E-state index in [4.69, 9.17) is 0 Å². The van der Waals surface area contributed by atoms with Crippen molar-refractivity contribution in [3.8, 4) is 0 Å². The van der Waals surface area contributed by atoms with E-state index in [9.17, 15) is 0 Å². The quantitative estimate of drug-likeness (QED) is 0.637. The predicted molar refractivity (Wildman–Crippen MR) is 64.0 cm³/mol. The Morgan fingerprint density at radius 1 is 0.667 bits per heavy atom. The normalized spacial score (nSPS) is 22.0. The molecule has 2 rings (SSSR count). The average molecular weight is 246 g/mol. The molecule has 2 aliphatic rings. The molecular formula is C14H26Cr. The van der Waals surface area contributed by atoms with Gasteiger partial charge in [-0.1, -0.05) is 39.5 Å². The first-order valence-corrected chi connectivity index (χ1v) is 6.54. The maximum Gasteiger partial charge on any atom is 0 e. The second kappa shape index (κ2) is 9.74. The van der Waals surface area contributed by atoms with E-state index in [1.807, 2.05) is 0 Å². The van der Waals surface area contributed by atoms with Crippen LogP contribution in [-0.4, -0.2) is 0 Å². The molecule has 2 radical (unpaired) electrons. The molecule has 0 amide bonds. The SMILES string of the molecule is CC[C]1CCCC1.CC[C]1CCCC1.[Cr]. The largest absolute Gasteiger partial charge is 0.0648 e. The molecule has 0 aromatic carbocycles. The number of hydrogen-bond acceptors (Lipinski definition) is 0. The van der Waals surface area contributed by atoms with Crippen LogP contribution in [0, 0.1) is 11.8 Å². The van der Waals surface area contributed by atoms with Crippen LogP contribution in [0.25, 0.3) is 0 Å². The van der Waals surface area contributed by atoms with Gasteiger partial charge in [-0.15, -0.1) is 0 Å². The van der Waals surface area contributed by atoms with Crippen LogP contribution < -0.4 is 0 Å². The minimum atomic E-state index is 0. The molecule has 0 aromatic rings. The number of hydrogen-bond donors (Lipinski definition) is 0. The van der Waals surface area contributed by atoms with Crippen molar-refractivity contribution in [3.05, 3.63) is 11.8 Å². The van der Waals surface area contributed by atoms with Gasteiger partial charge in [0, 0.05) is 17.4 Å². The van der Waals surface area contributed by atoms with E-state index in [2.05, 4.69) is 13.8 Å². The van der Waals surface area contributed by atoms with E-state index in [0.717, 1.165) is 0 Å². The molecule has 0 unspecified atom stereocenters. The van der Waals surface area contributed by atoms with Gasteiger partial charge in [0.05, 0.1) is 0 Å². The standard InChI is InChI=1S/2C7H13.Cr/c2*1-2-7-5-3-4-6-7;/h2*2-6H2,1H3;. The zero-order valence-corrected chi connectivity index (χ0v) is 11.8. The Bertz CT molecular complexity index is 105. The average Bonchev–Trinajstić information content (AvgIpc) is 2.92. The van der Waals surface area contributed by atoms with Crippen molar-refractivity contribution in [1.82, 2.24) is 0 Å². The van der Waals surface area contributed by atoms with Crippen molar-refractivity contribution in [2.24, 2.45) is 0 Å². The zero-order chi connectivity index (χ0) is 10.2. The molecule has 0 aromatic heterocycles. The Morgan fingerprint density at radius 3 is 1.07 bits per heavy atom. The van der Waals surface area contributed by atoms with Gasteiger partial charge in [-0.3, -0.25) is 0 Å². The summed E-state index contributed by atoms with van der Waals surface area (Å²) in [6.07, 6.45) is 14.2. The zero-order valence-electron chi connectivity index (χ0n) is 10.5. The maximum absolute atomic E-state index is 2.26. The van der Waals surface area contributed by atoms with Crippen LogP contribution in [0.5, 0.6) is 0 Å². The van der Waals surface area contributed by atoms with Crippen LogP contribution in [0.3, 0.4) is 0 Å². The van der Waals surface area contributed by atoms with Crippen molar-refractivity contribution in [2.75, 3.05) is 0 Å². The topological polar surface area (TPSA) is 0 Å². The summed E-state index contributed by atoms with van der Waals surface area (Å²) < 4.78 is 0. The molecule has 2 aliphatic carbocycles. The molecule has 0 nitrogen and oxygen atoms in total. The molecule has 0 atom stereocenters. The fraction of sp³-hybridized carbons (Fsp3) is 0.857. The second-order valence-electron chi connectivity index (χ2n) is 4.62. The van der Waals surface area contributed by atoms with Gasteiger partial charge >= 0.3 is 0 Å². The molecule has 0 aliphatic heterocycles. The van der Waals surface area contributed by atoms with Crippen molar-refractivity contribution in [3.63, 3.8) is 0 Å². The predicted octanol–water partition coefficient (Wildman–Crippen LogP) is 5.09. The van der Waals surface area contributed by atoms with E-state index in [1.165, 1.54) is 64.2 Å². The van der Waals surface area contributed by atoms with Gasteiger partial charge in [0.1, 0.15) is 0 Å². The van der Waals surface area contributed by atoms with E-state index in [0.29, 0.717) is 0 Å². The number of rotatable bonds is 2. The van der Waals surface area contributed by atoms with Crippen molar-refractivity contribution >= 4 is 0 Å². The van der Waals surface area contributed by atoms with Crippen LogP contribution >= 0.6 is 0 Å². The molecule has 0 bridgehead atoms. The van der Waals surface area contributed by atoms with Gasteiger partial charge in [-0.05, 0) is 50.4 Å². The second-order valence-corrected chi connectivity index (χ2v) is 4.62. The summed E-state index contributed by atoms with van der Waals surface area (Å²) in [5.74, 6) is 3.58. The summed E-state index contributed by atoms with van der Waals surface area (Å²) in [4.78, 5) is 0. The molecule has 2 saturated carbocycles. The van der Waals surface area contributed by atoms with Gasteiger partial charge in [0.25, 0.3) is 0 Å². The molecule has 0 saturated heterocycles. The molecular weight excluding hydrogens is 220 g/mol. The minimum absolute atomic E-state index is 0. The smallest absolute Gasteiger partial charge is 0 e. The van der Waals surface area contributed by atoms with Crippen LogP contribution in [0.4, 0.5) is 0 Å². The fourth-order valence-corrected chi connectivity index (χ4v) is 2.46. The van der Waals surface area contributed by atoms with Gasteiger partial charge in [0.2, 0.25) is 0 Å².